The number of rotatable bonds is 1. The molecule has 2 aromatic carbocycles. The minimum atomic E-state index is -4.52. The third-order valence-electron chi connectivity index (χ3n) is 4.31. The number of amides is 1. The lowest BCUT2D eigenvalue weighted by Gasteiger charge is -2.31. The molecule has 1 amide bonds. The van der Waals surface area contributed by atoms with E-state index in [-0.39, 0.29) is 17.8 Å². The molecular formula is C19H12F3N3O. The van der Waals surface area contributed by atoms with E-state index in [1.807, 2.05) is 0 Å². The Balaban J connectivity index is 1.99. The van der Waals surface area contributed by atoms with E-state index < -0.39 is 17.6 Å². The molecule has 0 atom stereocenters. The Morgan fingerprint density at radius 2 is 1.85 bits per heavy atom. The van der Waals surface area contributed by atoms with E-state index in [1.54, 1.807) is 30.5 Å². The normalized spacial score (nSPS) is 14.7. The third kappa shape index (κ3) is 2.52. The number of nitrogens with one attached hydrogen (secondary N) is 1. The molecule has 0 aliphatic carbocycles. The minimum Gasteiger partial charge on any atom is -0.299 e. The summed E-state index contributed by atoms with van der Waals surface area (Å²) in [4.78, 5) is 18.2. The summed E-state index contributed by atoms with van der Waals surface area (Å²) in [5, 5.41) is 8.60. The van der Waals surface area contributed by atoms with E-state index in [0.717, 1.165) is 12.1 Å². The number of fused-ring (bicyclic) bond motifs is 3. The Labute approximate surface area is 146 Å². The van der Waals surface area contributed by atoms with Gasteiger partial charge in [0.1, 0.15) is 5.71 Å². The Morgan fingerprint density at radius 3 is 2.62 bits per heavy atom. The van der Waals surface area contributed by atoms with E-state index >= 15 is 0 Å². The first-order chi connectivity index (χ1) is 12.4. The van der Waals surface area contributed by atoms with Gasteiger partial charge in [0.25, 0.3) is 5.91 Å². The van der Waals surface area contributed by atoms with Crippen molar-refractivity contribution < 1.29 is 18.0 Å². The van der Waals surface area contributed by atoms with Crippen LogP contribution in [0.1, 0.15) is 11.1 Å². The number of anilines is 2. The Morgan fingerprint density at radius 1 is 1.08 bits per heavy atom. The second kappa shape index (κ2) is 5.66. The van der Waals surface area contributed by atoms with E-state index in [0.29, 0.717) is 22.2 Å². The summed E-state index contributed by atoms with van der Waals surface area (Å²) in [5.41, 5.74) is 0.782. The van der Waals surface area contributed by atoms with Gasteiger partial charge in [-0.1, -0.05) is 24.3 Å². The SMILES string of the molecule is N=C1Cc2cnc3ccccc3c2N(c2cccc(C(F)(F)F)c2)C1=O. The smallest absolute Gasteiger partial charge is 0.299 e. The van der Waals surface area contributed by atoms with Gasteiger partial charge in [-0.2, -0.15) is 13.2 Å². The zero-order valence-electron chi connectivity index (χ0n) is 13.3. The van der Waals surface area contributed by atoms with Crippen LogP contribution in [-0.4, -0.2) is 16.6 Å². The average molecular weight is 355 g/mol. The predicted octanol–water partition coefficient (Wildman–Crippen LogP) is 4.49. The molecule has 0 saturated carbocycles. The number of alkyl halides is 3. The molecule has 0 fully saturated rings. The summed E-state index contributed by atoms with van der Waals surface area (Å²) in [5.74, 6) is -0.631. The van der Waals surface area contributed by atoms with Gasteiger partial charge in [-0.05, 0) is 24.3 Å². The van der Waals surface area contributed by atoms with Gasteiger partial charge in [0.05, 0.1) is 16.8 Å². The molecule has 0 radical (unpaired) electrons. The summed E-state index contributed by atoms with van der Waals surface area (Å²) in [6.07, 6.45) is -2.85. The van der Waals surface area contributed by atoms with Gasteiger partial charge in [0.2, 0.25) is 0 Å². The molecule has 0 spiro atoms. The fourth-order valence-electron chi connectivity index (χ4n) is 3.13. The molecule has 1 aliphatic heterocycles. The molecule has 0 unspecified atom stereocenters. The molecule has 1 aliphatic rings. The lowest BCUT2D eigenvalue weighted by atomic mass is 9.97. The molecule has 1 aromatic heterocycles. The Kier molecular flexibility index (Phi) is 3.54. The lowest BCUT2D eigenvalue weighted by molar-refractivity contribution is -0.137. The largest absolute Gasteiger partial charge is 0.416 e. The van der Waals surface area contributed by atoms with Gasteiger partial charge >= 0.3 is 6.18 Å². The first-order valence-corrected chi connectivity index (χ1v) is 7.82. The lowest BCUT2D eigenvalue weighted by Crippen LogP contribution is -2.38. The summed E-state index contributed by atoms with van der Waals surface area (Å²) >= 11 is 0. The van der Waals surface area contributed by atoms with Crippen molar-refractivity contribution in [2.24, 2.45) is 0 Å². The van der Waals surface area contributed by atoms with E-state index in [1.165, 1.54) is 17.0 Å². The first-order valence-electron chi connectivity index (χ1n) is 7.82. The second-order valence-electron chi connectivity index (χ2n) is 5.99. The number of benzene rings is 2. The second-order valence-corrected chi connectivity index (χ2v) is 5.99. The number of nitrogens with zero attached hydrogens (tertiary/aromatic N) is 2. The van der Waals surface area contributed by atoms with E-state index in [9.17, 15) is 18.0 Å². The molecule has 7 heteroatoms. The highest BCUT2D eigenvalue weighted by Crippen LogP contribution is 2.40. The van der Waals surface area contributed by atoms with Crippen LogP contribution >= 0.6 is 0 Å². The number of halogens is 3. The summed E-state index contributed by atoms with van der Waals surface area (Å²) in [6.45, 7) is 0. The Hall–Kier alpha value is -3.22. The number of aromatic nitrogens is 1. The molecule has 4 nitrogen and oxygen atoms in total. The standard InChI is InChI=1S/C19H12F3N3O/c20-19(21,22)12-4-3-5-13(9-12)25-17-11(8-15(23)18(25)26)10-24-16-7-2-1-6-14(16)17/h1-7,9-10,23H,8H2. The monoisotopic (exact) mass is 355 g/mol. The third-order valence-corrected chi connectivity index (χ3v) is 4.31. The molecule has 3 aromatic rings. The van der Waals surface area contributed by atoms with Crippen LogP contribution in [0.15, 0.2) is 54.7 Å². The van der Waals surface area contributed by atoms with Crippen molar-refractivity contribution >= 4 is 33.9 Å². The Bertz CT molecular complexity index is 1060. The molecule has 4 rings (SSSR count). The molecule has 0 bridgehead atoms. The van der Waals surface area contributed by atoms with Crippen LogP contribution in [-0.2, 0) is 17.4 Å². The van der Waals surface area contributed by atoms with Gasteiger partial charge in [0.15, 0.2) is 0 Å². The van der Waals surface area contributed by atoms with Crippen molar-refractivity contribution in [3.63, 3.8) is 0 Å². The maximum Gasteiger partial charge on any atom is 0.416 e. The van der Waals surface area contributed by atoms with Gasteiger partial charge in [-0.25, -0.2) is 0 Å². The molecule has 130 valence electrons. The molecule has 0 saturated heterocycles. The number of carbonyl (C=O) groups is 1. The molecular weight excluding hydrogens is 343 g/mol. The van der Waals surface area contributed by atoms with Crippen molar-refractivity contribution in [1.82, 2.24) is 4.98 Å². The van der Waals surface area contributed by atoms with Crippen molar-refractivity contribution in [2.45, 2.75) is 12.6 Å². The van der Waals surface area contributed by atoms with Gasteiger partial charge in [-0.15, -0.1) is 0 Å². The number of carbonyl (C=O) groups excluding carboxylic acids is 1. The average Bonchev–Trinajstić information content (AvgIpc) is 2.62. The maximum absolute atomic E-state index is 13.1. The molecule has 26 heavy (non-hydrogen) atoms. The quantitative estimate of drug-likeness (QED) is 0.699. The highest BCUT2D eigenvalue weighted by Gasteiger charge is 2.35. The maximum atomic E-state index is 13.1. The van der Waals surface area contributed by atoms with Gasteiger partial charge in [-0.3, -0.25) is 20.1 Å². The summed E-state index contributed by atoms with van der Waals surface area (Å²) in [6, 6.07) is 11.7. The summed E-state index contributed by atoms with van der Waals surface area (Å²) < 4.78 is 39.3. The number of para-hydroxylation sites is 1. The van der Waals surface area contributed by atoms with E-state index in [4.69, 9.17) is 5.41 Å². The van der Waals surface area contributed by atoms with Crippen LogP contribution in [0.3, 0.4) is 0 Å². The first kappa shape index (κ1) is 16.3. The van der Waals surface area contributed by atoms with Crippen LogP contribution in [0.2, 0.25) is 0 Å². The van der Waals surface area contributed by atoms with E-state index in [2.05, 4.69) is 4.98 Å². The zero-order chi connectivity index (χ0) is 18.5. The fraction of sp³-hybridized carbons (Fsp3) is 0.105. The number of hydrogen-bond acceptors (Lipinski definition) is 3. The van der Waals surface area contributed by atoms with Crippen LogP contribution in [0.4, 0.5) is 24.5 Å². The van der Waals surface area contributed by atoms with Gasteiger partial charge in [0, 0.05) is 29.3 Å². The predicted molar refractivity (Wildman–Crippen MR) is 91.8 cm³/mol. The highest BCUT2D eigenvalue weighted by atomic mass is 19.4. The van der Waals surface area contributed by atoms with Crippen molar-refractivity contribution in [1.29, 1.82) is 5.41 Å². The van der Waals surface area contributed by atoms with Crippen molar-refractivity contribution in [3.8, 4) is 0 Å². The minimum absolute atomic E-state index is 0.0758. The molecule has 2 heterocycles. The van der Waals surface area contributed by atoms with Crippen molar-refractivity contribution in [2.75, 3.05) is 4.90 Å². The number of hydrogen-bond donors (Lipinski definition) is 1. The van der Waals surface area contributed by atoms with Crippen molar-refractivity contribution in [3.05, 3.63) is 65.9 Å². The zero-order valence-corrected chi connectivity index (χ0v) is 13.3. The van der Waals surface area contributed by atoms with Crippen LogP contribution in [0.25, 0.3) is 10.9 Å². The van der Waals surface area contributed by atoms with Gasteiger partial charge < -0.3 is 0 Å². The van der Waals surface area contributed by atoms with Crippen LogP contribution in [0.5, 0.6) is 0 Å². The van der Waals surface area contributed by atoms with Crippen LogP contribution < -0.4 is 4.90 Å². The summed E-state index contributed by atoms with van der Waals surface area (Å²) in [7, 11) is 0. The topological polar surface area (TPSA) is 57.1 Å². The molecule has 1 N–H and O–H groups in total. The highest BCUT2D eigenvalue weighted by molar-refractivity contribution is 6.46. The fourth-order valence-corrected chi connectivity index (χ4v) is 3.13. The van der Waals surface area contributed by atoms with Crippen LogP contribution in [0, 0.1) is 5.41 Å². The number of pyridine rings is 1.